The molecule has 1 saturated heterocycles. The number of carbonyl (C=O) groups is 1. The molecule has 2 N–H and O–H groups in total. The van der Waals surface area contributed by atoms with E-state index in [4.69, 9.17) is 4.74 Å². The van der Waals surface area contributed by atoms with Crippen molar-refractivity contribution in [3.05, 3.63) is 24.3 Å². The fraction of sp³-hybridized carbons (Fsp3) is 0.588. The van der Waals surface area contributed by atoms with Gasteiger partial charge in [0.2, 0.25) is 0 Å². The highest BCUT2D eigenvalue weighted by molar-refractivity contribution is 5.74. The van der Waals surface area contributed by atoms with Gasteiger partial charge in [-0.05, 0) is 18.1 Å². The molecule has 0 spiro atoms. The quantitative estimate of drug-likeness (QED) is 0.786. The molecular weight excluding hydrogens is 294 g/mol. The molecule has 0 aliphatic carbocycles. The molecule has 1 aliphatic heterocycles. The van der Waals surface area contributed by atoms with Gasteiger partial charge in [-0.3, -0.25) is 0 Å². The number of rotatable bonds is 6. The molecule has 1 heterocycles. The predicted molar refractivity (Wildman–Crippen MR) is 90.9 cm³/mol. The number of phenolic OH excluding ortho intramolecular Hbond substituents is 1. The Balaban J connectivity index is 1.70. The Hall–Kier alpha value is -1.95. The number of anilines is 1. The lowest BCUT2D eigenvalue weighted by Gasteiger charge is -2.36. The number of amides is 2. The number of urea groups is 1. The van der Waals surface area contributed by atoms with Crippen LogP contribution in [-0.2, 0) is 4.74 Å². The summed E-state index contributed by atoms with van der Waals surface area (Å²) in [5, 5.41) is 12.8. The third-order valence-corrected chi connectivity index (χ3v) is 3.76. The largest absolute Gasteiger partial charge is 0.506 e. The maximum atomic E-state index is 12.1. The topological polar surface area (TPSA) is 65.0 Å². The van der Waals surface area contributed by atoms with E-state index in [-0.39, 0.29) is 11.8 Å². The van der Waals surface area contributed by atoms with Crippen LogP contribution in [0.15, 0.2) is 24.3 Å². The second-order valence-electron chi connectivity index (χ2n) is 6.16. The van der Waals surface area contributed by atoms with Gasteiger partial charge < -0.3 is 25.0 Å². The maximum Gasteiger partial charge on any atom is 0.317 e. The Morgan fingerprint density at radius 1 is 1.26 bits per heavy atom. The average molecular weight is 321 g/mol. The number of hydrogen-bond donors (Lipinski definition) is 2. The Morgan fingerprint density at radius 3 is 2.61 bits per heavy atom. The lowest BCUT2D eigenvalue weighted by atomic mass is 10.2. The molecule has 0 bridgehead atoms. The first-order valence-electron chi connectivity index (χ1n) is 8.21. The van der Waals surface area contributed by atoms with Crippen LogP contribution in [0, 0.1) is 5.92 Å². The van der Waals surface area contributed by atoms with Gasteiger partial charge in [0.05, 0.1) is 12.3 Å². The Morgan fingerprint density at radius 2 is 1.96 bits per heavy atom. The van der Waals surface area contributed by atoms with Crippen molar-refractivity contribution in [3.8, 4) is 5.75 Å². The Bertz CT molecular complexity index is 500. The van der Waals surface area contributed by atoms with Crippen LogP contribution in [0.25, 0.3) is 0 Å². The summed E-state index contributed by atoms with van der Waals surface area (Å²) in [6.07, 6.45) is 0. The number of benzene rings is 1. The molecule has 0 aromatic heterocycles. The summed E-state index contributed by atoms with van der Waals surface area (Å²) in [5.41, 5.74) is 0.828. The third-order valence-electron chi connectivity index (χ3n) is 3.76. The van der Waals surface area contributed by atoms with Gasteiger partial charge in [0.15, 0.2) is 0 Å². The molecule has 6 nitrogen and oxygen atoms in total. The van der Waals surface area contributed by atoms with Gasteiger partial charge in [0.1, 0.15) is 5.75 Å². The number of carbonyl (C=O) groups excluding carboxylic acids is 1. The van der Waals surface area contributed by atoms with Crippen molar-refractivity contribution in [2.24, 2.45) is 5.92 Å². The van der Waals surface area contributed by atoms with Crippen LogP contribution in [0.5, 0.6) is 5.75 Å². The molecular formula is C17H27N3O3. The van der Waals surface area contributed by atoms with Crippen molar-refractivity contribution in [2.45, 2.75) is 13.8 Å². The van der Waals surface area contributed by atoms with Crippen LogP contribution in [0.3, 0.4) is 0 Å². The highest BCUT2D eigenvalue weighted by Crippen LogP contribution is 2.27. The van der Waals surface area contributed by atoms with Gasteiger partial charge in [-0.1, -0.05) is 26.0 Å². The highest BCUT2D eigenvalue weighted by atomic mass is 16.5. The zero-order valence-corrected chi connectivity index (χ0v) is 14.0. The van der Waals surface area contributed by atoms with E-state index in [0.29, 0.717) is 32.2 Å². The Labute approximate surface area is 138 Å². The van der Waals surface area contributed by atoms with Gasteiger partial charge in [-0.15, -0.1) is 0 Å². The van der Waals surface area contributed by atoms with Crippen LogP contribution < -0.4 is 10.2 Å². The molecule has 128 valence electrons. The second kappa shape index (κ2) is 8.62. The van der Waals surface area contributed by atoms with E-state index < -0.39 is 0 Å². The molecule has 0 saturated carbocycles. The molecule has 1 aliphatic rings. The van der Waals surface area contributed by atoms with Crippen molar-refractivity contribution in [1.82, 2.24) is 10.2 Å². The second-order valence-corrected chi connectivity index (χ2v) is 6.16. The Kier molecular flexibility index (Phi) is 6.52. The molecule has 0 radical (unpaired) electrons. The van der Waals surface area contributed by atoms with E-state index >= 15 is 0 Å². The summed E-state index contributed by atoms with van der Waals surface area (Å²) in [4.78, 5) is 16.0. The number of hydrogen-bond acceptors (Lipinski definition) is 4. The molecule has 23 heavy (non-hydrogen) atoms. The van der Waals surface area contributed by atoms with E-state index in [9.17, 15) is 9.90 Å². The molecule has 6 heteroatoms. The van der Waals surface area contributed by atoms with Crippen molar-refractivity contribution < 1.29 is 14.6 Å². The lowest BCUT2D eigenvalue weighted by molar-refractivity contribution is 0.111. The number of aromatic hydroxyl groups is 1. The zero-order chi connectivity index (χ0) is 16.7. The van der Waals surface area contributed by atoms with Crippen LogP contribution in [-0.4, -0.2) is 62.0 Å². The minimum atomic E-state index is -0.0462. The third kappa shape index (κ3) is 5.32. The first-order chi connectivity index (χ1) is 11.1. The number of phenols is 1. The lowest BCUT2D eigenvalue weighted by Crippen LogP contribution is -2.52. The molecule has 2 rings (SSSR count). The van der Waals surface area contributed by atoms with Crippen LogP contribution in [0.2, 0.25) is 0 Å². The summed E-state index contributed by atoms with van der Waals surface area (Å²) in [5.74, 6) is 0.792. The van der Waals surface area contributed by atoms with Gasteiger partial charge in [-0.2, -0.15) is 0 Å². The van der Waals surface area contributed by atoms with E-state index in [1.807, 2.05) is 18.2 Å². The van der Waals surface area contributed by atoms with Crippen molar-refractivity contribution in [3.63, 3.8) is 0 Å². The van der Waals surface area contributed by atoms with Gasteiger partial charge in [-0.25, -0.2) is 4.79 Å². The minimum Gasteiger partial charge on any atom is -0.506 e. The van der Waals surface area contributed by atoms with Crippen LogP contribution in [0.1, 0.15) is 13.8 Å². The van der Waals surface area contributed by atoms with Crippen LogP contribution >= 0.6 is 0 Å². The average Bonchev–Trinajstić information content (AvgIpc) is 2.55. The van der Waals surface area contributed by atoms with Crippen LogP contribution in [0.4, 0.5) is 10.5 Å². The molecule has 1 aromatic rings. The maximum absolute atomic E-state index is 12.1. The van der Waals surface area contributed by atoms with Crippen molar-refractivity contribution >= 4 is 11.7 Å². The first-order valence-corrected chi connectivity index (χ1v) is 8.21. The smallest absolute Gasteiger partial charge is 0.317 e. The summed E-state index contributed by atoms with van der Waals surface area (Å²) in [6, 6.07) is 7.26. The summed E-state index contributed by atoms with van der Waals surface area (Å²) >= 11 is 0. The van der Waals surface area contributed by atoms with Gasteiger partial charge in [0.25, 0.3) is 0 Å². The molecule has 1 aromatic carbocycles. The van der Waals surface area contributed by atoms with Crippen molar-refractivity contribution in [1.29, 1.82) is 0 Å². The van der Waals surface area contributed by atoms with Gasteiger partial charge >= 0.3 is 6.03 Å². The van der Waals surface area contributed by atoms with E-state index in [0.717, 1.165) is 25.4 Å². The molecule has 0 atom stereocenters. The summed E-state index contributed by atoms with van der Waals surface area (Å²) in [7, 11) is 0. The zero-order valence-electron chi connectivity index (χ0n) is 14.0. The number of ether oxygens (including phenoxy) is 1. The van der Waals surface area contributed by atoms with E-state index in [2.05, 4.69) is 24.1 Å². The summed E-state index contributed by atoms with van der Waals surface area (Å²) < 4.78 is 5.45. The van der Waals surface area contributed by atoms with E-state index in [1.54, 1.807) is 11.0 Å². The number of nitrogens with zero attached hydrogens (tertiary/aromatic N) is 2. The fourth-order valence-electron chi connectivity index (χ4n) is 2.54. The SMILES string of the molecule is CC(C)COCCNC(=O)N1CCN(c2ccccc2O)CC1. The van der Waals surface area contributed by atoms with Gasteiger partial charge in [0, 0.05) is 39.3 Å². The predicted octanol–water partition coefficient (Wildman–Crippen LogP) is 1.90. The number of piperazine rings is 1. The minimum absolute atomic E-state index is 0.0462. The monoisotopic (exact) mass is 321 g/mol. The summed E-state index contributed by atoms with van der Waals surface area (Å²) in [6.45, 7) is 8.72. The highest BCUT2D eigenvalue weighted by Gasteiger charge is 2.22. The first kappa shape index (κ1) is 17.4. The molecule has 2 amide bonds. The standard InChI is InChI=1S/C17H27N3O3/c1-14(2)13-23-12-7-18-17(22)20-10-8-19(9-11-20)15-5-3-4-6-16(15)21/h3-6,14,21H,7-13H2,1-2H3,(H,18,22). The van der Waals surface area contributed by atoms with Crippen molar-refractivity contribution in [2.75, 3.05) is 50.8 Å². The normalized spacial score (nSPS) is 15.1. The van der Waals surface area contributed by atoms with E-state index in [1.165, 1.54) is 0 Å². The fourth-order valence-corrected chi connectivity index (χ4v) is 2.54. The number of para-hydroxylation sites is 2. The number of nitrogens with one attached hydrogen (secondary N) is 1. The molecule has 0 unspecified atom stereocenters. The molecule has 1 fully saturated rings.